The van der Waals surface area contributed by atoms with Gasteiger partial charge in [0, 0.05) is 6.04 Å². The molecule has 0 saturated heterocycles. The Hall–Kier alpha value is -0.820. The largest absolute Gasteiger partial charge is 0.328 e. The Kier molecular flexibility index (Phi) is 2.87. The predicted octanol–water partition coefficient (Wildman–Crippen LogP) is 2.84. The van der Waals surface area contributed by atoms with Gasteiger partial charge in [-0.1, -0.05) is 24.3 Å². The molecule has 1 aromatic rings. The molecule has 1 aliphatic rings. The number of fused-ring (bicyclic) bond motifs is 1. The van der Waals surface area contributed by atoms with E-state index in [-0.39, 0.29) is 0 Å². The summed E-state index contributed by atoms with van der Waals surface area (Å²) in [6.45, 7) is 2.10. The van der Waals surface area contributed by atoms with Gasteiger partial charge < -0.3 is 5.73 Å². The zero-order valence-electron chi connectivity index (χ0n) is 8.87. The van der Waals surface area contributed by atoms with Crippen molar-refractivity contribution in [1.82, 2.24) is 0 Å². The molecule has 1 aromatic carbocycles. The van der Waals surface area contributed by atoms with Crippen LogP contribution in [0.2, 0.25) is 0 Å². The number of benzene rings is 1. The Morgan fingerprint density at radius 3 is 3.00 bits per heavy atom. The second kappa shape index (κ2) is 4.14. The minimum absolute atomic E-state index is 0.350. The SMILES string of the molecule is CC(N)CCC1CCc2ccccc21. The molecule has 0 aliphatic heterocycles. The number of nitrogens with two attached hydrogens (primary N) is 1. The fraction of sp³-hybridized carbons (Fsp3) is 0.538. The van der Waals surface area contributed by atoms with E-state index in [1.807, 2.05) is 0 Å². The second-order valence-electron chi connectivity index (χ2n) is 4.49. The molecule has 2 N–H and O–H groups in total. The van der Waals surface area contributed by atoms with Crippen molar-refractivity contribution in [3.8, 4) is 0 Å². The quantitative estimate of drug-likeness (QED) is 0.777. The van der Waals surface area contributed by atoms with Crippen molar-refractivity contribution in [2.45, 2.75) is 44.6 Å². The average molecular weight is 189 g/mol. The van der Waals surface area contributed by atoms with Crippen molar-refractivity contribution in [2.75, 3.05) is 0 Å². The van der Waals surface area contributed by atoms with Crippen LogP contribution in [0, 0.1) is 0 Å². The minimum Gasteiger partial charge on any atom is -0.328 e. The van der Waals surface area contributed by atoms with Gasteiger partial charge in [-0.25, -0.2) is 0 Å². The van der Waals surface area contributed by atoms with Crippen LogP contribution in [0.4, 0.5) is 0 Å². The fourth-order valence-corrected chi connectivity index (χ4v) is 2.41. The molecule has 1 heteroatoms. The molecule has 14 heavy (non-hydrogen) atoms. The summed E-state index contributed by atoms with van der Waals surface area (Å²) < 4.78 is 0. The van der Waals surface area contributed by atoms with Gasteiger partial charge in [-0.3, -0.25) is 0 Å². The summed E-state index contributed by atoms with van der Waals surface area (Å²) >= 11 is 0. The summed E-state index contributed by atoms with van der Waals surface area (Å²) in [5.41, 5.74) is 8.93. The third-order valence-corrected chi connectivity index (χ3v) is 3.23. The minimum atomic E-state index is 0.350. The zero-order chi connectivity index (χ0) is 9.97. The number of hydrogen-bond acceptors (Lipinski definition) is 1. The van der Waals surface area contributed by atoms with Crippen LogP contribution in [0.15, 0.2) is 24.3 Å². The normalized spacial score (nSPS) is 22.0. The van der Waals surface area contributed by atoms with Crippen molar-refractivity contribution >= 4 is 0 Å². The summed E-state index contributed by atoms with van der Waals surface area (Å²) in [6.07, 6.45) is 5.00. The van der Waals surface area contributed by atoms with E-state index in [9.17, 15) is 0 Å². The standard InChI is InChI=1S/C13H19N/c1-10(14)6-7-12-9-8-11-4-2-3-5-13(11)12/h2-5,10,12H,6-9,14H2,1H3. The Morgan fingerprint density at radius 2 is 2.21 bits per heavy atom. The third-order valence-electron chi connectivity index (χ3n) is 3.23. The van der Waals surface area contributed by atoms with E-state index < -0.39 is 0 Å². The highest BCUT2D eigenvalue weighted by atomic mass is 14.6. The first kappa shape index (κ1) is 9.72. The molecule has 0 fully saturated rings. The van der Waals surface area contributed by atoms with Gasteiger partial charge >= 0.3 is 0 Å². The van der Waals surface area contributed by atoms with Gasteiger partial charge in [-0.2, -0.15) is 0 Å². The van der Waals surface area contributed by atoms with Crippen molar-refractivity contribution in [3.05, 3.63) is 35.4 Å². The highest BCUT2D eigenvalue weighted by molar-refractivity contribution is 5.34. The lowest BCUT2D eigenvalue weighted by atomic mass is 9.95. The van der Waals surface area contributed by atoms with Crippen molar-refractivity contribution < 1.29 is 0 Å². The van der Waals surface area contributed by atoms with Gasteiger partial charge in [0.15, 0.2) is 0 Å². The number of aryl methyl sites for hydroxylation is 1. The molecule has 0 radical (unpaired) electrons. The maximum atomic E-state index is 5.79. The topological polar surface area (TPSA) is 26.0 Å². The number of hydrogen-bond donors (Lipinski definition) is 1. The predicted molar refractivity (Wildman–Crippen MR) is 60.4 cm³/mol. The molecule has 0 aromatic heterocycles. The summed E-state index contributed by atoms with van der Waals surface area (Å²) in [5.74, 6) is 0.775. The molecule has 2 atom stereocenters. The van der Waals surface area contributed by atoms with Crippen LogP contribution in [-0.4, -0.2) is 6.04 Å². The lowest BCUT2D eigenvalue weighted by molar-refractivity contribution is 0.540. The van der Waals surface area contributed by atoms with Crippen LogP contribution in [0.3, 0.4) is 0 Å². The van der Waals surface area contributed by atoms with E-state index in [1.54, 1.807) is 11.1 Å². The first-order valence-corrected chi connectivity index (χ1v) is 5.61. The van der Waals surface area contributed by atoms with E-state index in [0.717, 1.165) is 12.3 Å². The first-order valence-electron chi connectivity index (χ1n) is 5.61. The lowest BCUT2D eigenvalue weighted by Gasteiger charge is -2.12. The maximum absolute atomic E-state index is 5.79. The molecule has 2 rings (SSSR count). The van der Waals surface area contributed by atoms with Crippen LogP contribution < -0.4 is 5.73 Å². The van der Waals surface area contributed by atoms with Crippen LogP contribution >= 0.6 is 0 Å². The molecule has 0 spiro atoms. The number of rotatable bonds is 3. The second-order valence-corrected chi connectivity index (χ2v) is 4.49. The highest BCUT2D eigenvalue weighted by Crippen LogP contribution is 2.35. The Labute approximate surface area is 86.3 Å². The van der Waals surface area contributed by atoms with Gasteiger partial charge in [0.1, 0.15) is 0 Å². The van der Waals surface area contributed by atoms with Crippen LogP contribution in [0.5, 0.6) is 0 Å². The molecule has 1 aliphatic carbocycles. The van der Waals surface area contributed by atoms with Crippen molar-refractivity contribution in [3.63, 3.8) is 0 Å². The Morgan fingerprint density at radius 1 is 1.43 bits per heavy atom. The molecule has 0 heterocycles. The van der Waals surface area contributed by atoms with E-state index in [1.165, 1.54) is 19.3 Å². The van der Waals surface area contributed by atoms with Crippen molar-refractivity contribution in [2.24, 2.45) is 5.73 Å². The molecule has 1 nitrogen and oxygen atoms in total. The fourth-order valence-electron chi connectivity index (χ4n) is 2.41. The molecule has 2 unspecified atom stereocenters. The summed E-state index contributed by atoms with van der Waals surface area (Å²) in [7, 11) is 0. The van der Waals surface area contributed by atoms with Gasteiger partial charge in [0.25, 0.3) is 0 Å². The highest BCUT2D eigenvalue weighted by Gasteiger charge is 2.21. The summed E-state index contributed by atoms with van der Waals surface area (Å²) in [4.78, 5) is 0. The molecule has 0 bridgehead atoms. The van der Waals surface area contributed by atoms with Crippen LogP contribution in [0.25, 0.3) is 0 Å². The Balaban J connectivity index is 2.03. The molecule has 0 saturated carbocycles. The van der Waals surface area contributed by atoms with E-state index >= 15 is 0 Å². The van der Waals surface area contributed by atoms with E-state index in [2.05, 4.69) is 31.2 Å². The average Bonchev–Trinajstić information content (AvgIpc) is 2.58. The monoisotopic (exact) mass is 189 g/mol. The third kappa shape index (κ3) is 1.98. The van der Waals surface area contributed by atoms with Gasteiger partial charge in [0.2, 0.25) is 0 Å². The van der Waals surface area contributed by atoms with Gasteiger partial charge in [0.05, 0.1) is 0 Å². The van der Waals surface area contributed by atoms with Crippen LogP contribution in [0.1, 0.15) is 43.2 Å². The summed E-state index contributed by atoms with van der Waals surface area (Å²) in [5, 5.41) is 0. The van der Waals surface area contributed by atoms with Gasteiger partial charge in [-0.15, -0.1) is 0 Å². The molecule has 0 amide bonds. The maximum Gasteiger partial charge on any atom is 0.00106 e. The first-order chi connectivity index (χ1) is 6.77. The van der Waals surface area contributed by atoms with Crippen molar-refractivity contribution in [1.29, 1.82) is 0 Å². The molecular formula is C13H19N. The smallest absolute Gasteiger partial charge is 0.00106 e. The van der Waals surface area contributed by atoms with E-state index in [0.29, 0.717) is 6.04 Å². The summed E-state index contributed by atoms with van der Waals surface area (Å²) in [6, 6.07) is 9.20. The van der Waals surface area contributed by atoms with Gasteiger partial charge in [-0.05, 0) is 49.7 Å². The zero-order valence-corrected chi connectivity index (χ0v) is 8.87. The lowest BCUT2D eigenvalue weighted by Crippen LogP contribution is -2.15. The molecule has 76 valence electrons. The Bertz CT molecular complexity index is 304. The molecular weight excluding hydrogens is 170 g/mol. The van der Waals surface area contributed by atoms with Crippen LogP contribution in [-0.2, 0) is 6.42 Å². The van der Waals surface area contributed by atoms with E-state index in [4.69, 9.17) is 5.73 Å².